The maximum Gasteiger partial charge on any atom is 0.262 e. The van der Waals surface area contributed by atoms with E-state index in [9.17, 15) is 14.4 Å². The molecule has 2 aliphatic heterocycles. The topological polar surface area (TPSA) is 87.7 Å². The van der Waals surface area contributed by atoms with Crippen molar-refractivity contribution in [2.45, 2.75) is 13.3 Å². The normalized spacial score (nSPS) is 18.6. The van der Waals surface area contributed by atoms with Crippen LogP contribution in [0.25, 0.3) is 0 Å². The Morgan fingerprint density at radius 3 is 2.85 bits per heavy atom. The molecule has 138 valence electrons. The molecule has 7 heteroatoms. The summed E-state index contributed by atoms with van der Waals surface area (Å²) in [5.74, 6) is -0.384. The molecule has 2 aromatic rings. The first-order valence-corrected chi connectivity index (χ1v) is 8.75. The minimum absolute atomic E-state index is 0.0487. The molecule has 1 fully saturated rings. The number of ether oxygens (including phenoxy) is 1. The van der Waals surface area contributed by atoms with Gasteiger partial charge in [-0.2, -0.15) is 0 Å². The Bertz CT molecular complexity index is 941. The maximum atomic E-state index is 12.6. The van der Waals surface area contributed by atoms with Crippen molar-refractivity contribution in [3.05, 3.63) is 48.0 Å². The van der Waals surface area contributed by atoms with Crippen LogP contribution in [0.4, 0.5) is 17.1 Å². The molecule has 27 heavy (non-hydrogen) atoms. The van der Waals surface area contributed by atoms with Gasteiger partial charge in [-0.1, -0.05) is 18.2 Å². The van der Waals surface area contributed by atoms with Crippen molar-refractivity contribution in [1.29, 1.82) is 0 Å². The van der Waals surface area contributed by atoms with Gasteiger partial charge in [0.15, 0.2) is 6.61 Å². The van der Waals surface area contributed by atoms with Gasteiger partial charge in [0.2, 0.25) is 11.8 Å². The van der Waals surface area contributed by atoms with Crippen LogP contribution in [0.5, 0.6) is 5.75 Å². The molecular formula is C20H19N3O4. The number of hydrogen-bond donors (Lipinski definition) is 2. The summed E-state index contributed by atoms with van der Waals surface area (Å²) in [5, 5.41) is 5.54. The average molecular weight is 365 g/mol. The summed E-state index contributed by atoms with van der Waals surface area (Å²) >= 11 is 0. The summed E-state index contributed by atoms with van der Waals surface area (Å²) in [4.78, 5) is 38.0. The van der Waals surface area contributed by atoms with Crippen LogP contribution >= 0.6 is 0 Å². The van der Waals surface area contributed by atoms with Crippen molar-refractivity contribution in [1.82, 2.24) is 0 Å². The first kappa shape index (κ1) is 17.1. The molecule has 0 aromatic heterocycles. The molecule has 4 rings (SSSR count). The highest BCUT2D eigenvalue weighted by Gasteiger charge is 2.35. The molecule has 2 N–H and O–H groups in total. The highest BCUT2D eigenvalue weighted by molar-refractivity contribution is 6.04. The average Bonchev–Trinajstić information content (AvgIpc) is 3.04. The van der Waals surface area contributed by atoms with E-state index >= 15 is 0 Å². The van der Waals surface area contributed by atoms with Crippen molar-refractivity contribution in [2.24, 2.45) is 5.92 Å². The third-order valence-corrected chi connectivity index (χ3v) is 4.78. The van der Waals surface area contributed by atoms with Crippen molar-refractivity contribution in [3.63, 3.8) is 0 Å². The SMILES string of the molecule is Cc1ccccc1N1CC(C(=O)Nc2ccc3c(c2)OCC(=O)N3)CC1=O. The largest absolute Gasteiger partial charge is 0.482 e. The lowest BCUT2D eigenvalue weighted by Gasteiger charge is -2.20. The fraction of sp³-hybridized carbons (Fsp3) is 0.250. The van der Waals surface area contributed by atoms with Gasteiger partial charge in [0.25, 0.3) is 5.91 Å². The number of aryl methyl sites for hydroxylation is 1. The van der Waals surface area contributed by atoms with E-state index in [2.05, 4.69) is 10.6 Å². The number of amides is 3. The molecule has 2 aromatic carbocycles. The van der Waals surface area contributed by atoms with E-state index in [1.807, 2.05) is 31.2 Å². The van der Waals surface area contributed by atoms with Crippen LogP contribution in [0.3, 0.4) is 0 Å². The van der Waals surface area contributed by atoms with Crippen LogP contribution in [0.15, 0.2) is 42.5 Å². The van der Waals surface area contributed by atoms with Crippen LogP contribution < -0.4 is 20.3 Å². The predicted molar refractivity (Wildman–Crippen MR) is 101 cm³/mol. The van der Waals surface area contributed by atoms with Gasteiger partial charge >= 0.3 is 0 Å². The highest BCUT2D eigenvalue weighted by Crippen LogP contribution is 2.32. The number of carbonyl (C=O) groups is 3. The van der Waals surface area contributed by atoms with E-state index in [4.69, 9.17) is 4.74 Å². The van der Waals surface area contributed by atoms with Gasteiger partial charge in [-0.3, -0.25) is 14.4 Å². The molecule has 1 saturated heterocycles. The van der Waals surface area contributed by atoms with Gasteiger partial charge in [-0.15, -0.1) is 0 Å². The number of benzene rings is 2. The number of anilines is 3. The van der Waals surface area contributed by atoms with Crippen LogP contribution in [-0.2, 0) is 14.4 Å². The standard InChI is InChI=1S/C20H19N3O4/c1-12-4-2-3-5-16(12)23-10-13(8-19(23)25)20(26)21-14-6-7-15-17(9-14)27-11-18(24)22-15/h2-7,9,13H,8,10-11H2,1H3,(H,21,26)(H,22,24). The van der Waals surface area contributed by atoms with Gasteiger partial charge in [0.1, 0.15) is 5.75 Å². The summed E-state index contributed by atoms with van der Waals surface area (Å²) in [7, 11) is 0. The predicted octanol–water partition coefficient (Wildman–Crippen LogP) is 2.32. The lowest BCUT2D eigenvalue weighted by molar-refractivity contribution is -0.122. The van der Waals surface area contributed by atoms with Gasteiger partial charge < -0.3 is 20.3 Å². The Hall–Kier alpha value is -3.35. The van der Waals surface area contributed by atoms with Crippen LogP contribution in [-0.4, -0.2) is 30.9 Å². The van der Waals surface area contributed by atoms with Gasteiger partial charge in [0.05, 0.1) is 11.6 Å². The number of rotatable bonds is 3. The van der Waals surface area contributed by atoms with Crippen molar-refractivity contribution >= 4 is 34.8 Å². The van der Waals surface area contributed by atoms with E-state index in [0.717, 1.165) is 11.3 Å². The molecule has 7 nitrogen and oxygen atoms in total. The number of carbonyl (C=O) groups excluding carboxylic acids is 3. The van der Waals surface area contributed by atoms with Crippen LogP contribution in [0, 0.1) is 12.8 Å². The molecular weight excluding hydrogens is 346 g/mol. The first-order valence-electron chi connectivity index (χ1n) is 8.75. The van der Waals surface area contributed by atoms with E-state index in [-0.39, 0.29) is 30.7 Å². The molecule has 1 unspecified atom stereocenters. The number of nitrogens with one attached hydrogen (secondary N) is 2. The summed E-state index contributed by atoms with van der Waals surface area (Å²) in [6.45, 7) is 2.25. The zero-order chi connectivity index (χ0) is 19.0. The Kier molecular flexibility index (Phi) is 4.27. The second-order valence-electron chi connectivity index (χ2n) is 6.73. The number of nitrogens with zero attached hydrogens (tertiary/aromatic N) is 1. The molecule has 0 spiro atoms. The molecule has 3 amide bonds. The molecule has 1 atom stereocenters. The lowest BCUT2D eigenvalue weighted by Crippen LogP contribution is -2.28. The van der Waals surface area contributed by atoms with E-state index < -0.39 is 5.92 Å². The van der Waals surface area contributed by atoms with E-state index in [0.29, 0.717) is 23.7 Å². The third-order valence-electron chi connectivity index (χ3n) is 4.78. The smallest absolute Gasteiger partial charge is 0.262 e. The molecule has 0 saturated carbocycles. The van der Waals surface area contributed by atoms with Crippen molar-refractivity contribution in [2.75, 3.05) is 28.7 Å². The fourth-order valence-electron chi connectivity index (χ4n) is 3.38. The Morgan fingerprint density at radius 2 is 2.04 bits per heavy atom. The van der Waals surface area contributed by atoms with Gasteiger partial charge in [0, 0.05) is 30.4 Å². The van der Waals surface area contributed by atoms with Crippen molar-refractivity contribution < 1.29 is 19.1 Å². The zero-order valence-corrected chi connectivity index (χ0v) is 14.8. The highest BCUT2D eigenvalue weighted by atomic mass is 16.5. The molecule has 2 heterocycles. The summed E-state index contributed by atoms with van der Waals surface area (Å²) in [6, 6.07) is 12.7. The molecule has 0 bridgehead atoms. The summed E-state index contributed by atoms with van der Waals surface area (Å²) < 4.78 is 5.36. The fourth-order valence-corrected chi connectivity index (χ4v) is 3.38. The minimum Gasteiger partial charge on any atom is -0.482 e. The second kappa shape index (κ2) is 6.75. The Labute approximate surface area is 156 Å². The quantitative estimate of drug-likeness (QED) is 0.874. The van der Waals surface area contributed by atoms with Gasteiger partial charge in [-0.05, 0) is 30.7 Å². The van der Waals surface area contributed by atoms with Crippen LogP contribution in [0.2, 0.25) is 0 Å². The third kappa shape index (κ3) is 3.36. The van der Waals surface area contributed by atoms with Crippen LogP contribution in [0.1, 0.15) is 12.0 Å². The monoisotopic (exact) mass is 365 g/mol. The number of hydrogen-bond acceptors (Lipinski definition) is 4. The Morgan fingerprint density at radius 1 is 1.22 bits per heavy atom. The maximum absolute atomic E-state index is 12.6. The lowest BCUT2D eigenvalue weighted by atomic mass is 10.1. The zero-order valence-electron chi connectivity index (χ0n) is 14.8. The van der Waals surface area contributed by atoms with Gasteiger partial charge in [-0.25, -0.2) is 0 Å². The number of para-hydroxylation sites is 1. The van der Waals surface area contributed by atoms with Crippen molar-refractivity contribution in [3.8, 4) is 5.75 Å². The van der Waals surface area contributed by atoms with E-state index in [1.165, 1.54) is 0 Å². The summed E-state index contributed by atoms with van der Waals surface area (Å²) in [6.07, 6.45) is 0.178. The Balaban J connectivity index is 1.46. The first-order chi connectivity index (χ1) is 13.0. The second-order valence-corrected chi connectivity index (χ2v) is 6.73. The molecule has 0 radical (unpaired) electrons. The molecule has 0 aliphatic carbocycles. The molecule has 2 aliphatic rings. The minimum atomic E-state index is -0.422. The number of fused-ring (bicyclic) bond motifs is 1. The van der Waals surface area contributed by atoms with E-state index in [1.54, 1.807) is 23.1 Å². The summed E-state index contributed by atoms with van der Waals surface area (Å²) in [5.41, 5.74) is 2.99.